The number of hydrogen-bond acceptors (Lipinski definition) is 3. The van der Waals surface area contributed by atoms with Crippen LogP contribution in [0.4, 0.5) is 10.2 Å². The van der Waals surface area contributed by atoms with Gasteiger partial charge in [0.1, 0.15) is 11.6 Å². The number of aromatic nitrogens is 2. The zero-order valence-corrected chi connectivity index (χ0v) is 12.6. The molecule has 0 atom stereocenters. The van der Waals surface area contributed by atoms with Crippen LogP contribution in [0, 0.1) is 12.7 Å². The summed E-state index contributed by atoms with van der Waals surface area (Å²) in [5, 5.41) is 3.32. The second-order valence-corrected chi connectivity index (χ2v) is 4.89. The van der Waals surface area contributed by atoms with E-state index in [1.807, 2.05) is 20.8 Å². The third kappa shape index (κ3) is 2.90. The Bertz CT molecular complexity index is 629. The molecule has 0 aliphatic rings. The van der Waals surface area contributed by atoms with Crippen molar-refractivity contribution in [1.29, 1.82) is 0 Å². The molecule has 2 rings (SSSR count). The smallest absolute Gasteiger partial charge is 0.161 e. The van der Waals surface area contributed by atoms with Crippen LogP contribution in [0.2, 0.25) is 5.02 Å². The summed E-state index contributed by atoms with van der Waals surface area (Å²) in [5.41, 5.74) is 2.62. The summed E-state index contributed by atoms with van der Waals surface area (Å²) >= 11 is 5.70. The van der Waals surface area contributed by atoms with E-state index in [0.29, 0.717) is 11.4 Å². The molecule has 0 unspecified atom stereocenters. The van der Waals surface area contributed by atoms with Crippen LogP contribution in [0.1, 0.15) is 25.1 Å². The van der Waals surface area contributed by atoms with Gasteiger partial charge in [0.25, 0.3) is 0 Å². The Labute approximate surface area is 123 Å². The summed E-state index contributed by atoms with van der Waals surface area (Å²) in [6, 6.07) is 4.61. The van der Waals surface area contributed by atoms with Gasteiger partial charge in [0, 0.05) is 23.4 Å². The van der Waals surface area contributed by atoms with Crippen LogP contribution in [0.15, 0.2) is 18.2 Å². The standard InChI is InChI=1S/C15H17ClFN3/c1-4-13-9(3)14(18-5-2)20-15(19-13)10-6-7-11(16)12(17)8-10/h6-8H,4-5H2,1-3H3,(H,18,19,20). The van der Waals surface area contributed by atoms with Gasteiger partial charge in [-0.2, -0.15) is 0 Å². The van der Waals surface area contributed by atoms with Crippen LogP contribution in [0.25, 0.3) is 11.4 Å². The molecule has 0 amide bonds. The van der Waals surface area contributed by atoms with Crippen molar-refractivity contribution in [3.8, 4) is 11.4 Å². The third-order valence-corrected chi connectivity index (χ3v) is 3.41. The van der Waals surface area contributed by atoms with E-state index in [4.69, 9.17) is 11.6 Å². The summed E-state index contributed by atoms with van der Waals surface area (Å²) in [4.78, 5) is 8.99. The molecule has 0 fully saturated rings. The van der Waals surface area contributed by atoms with E-state index in [-0.39, 0.29) is 5.02 Å². The predicted octanol–water partition coefficient (Wildman–Crippen LogP) is 4.24. The summed E-state index contributed by atoms with van der Waals surface area (Å²) in [7, 11) is 0. The molecular formula is C15H17ClFN3. The lowest BCUT2D eigenvalue weighted by atomic mass is 10.1. The van der Waals surface area contributed by atoms with E-state index < -0.39 is 5.82 Å². The molecule has 1 heterocycles. The Hall–Kier alpha value is -1.68. The first-order valence-corrected chi connectivity index (χ1v) is 7.01. The van der Waals surface area contributed by atoms with Gasteiger partial charge < -0.3 is 5.32 Å². The summed E-state index contributed by atoms with van der Waals surface area (Å²) in [6.45, 7) is 6.81. The molecule has 0 saturated heterocycles. The normalized spacial score (nSPS) is 10.7. The van der Waals surface area contributed by atoms with E-state index in [1.54, 1.807) is 6.07 Å². The summed E-state index contributed by atoms with van der Waals surface area (Å²) in [5.74, 6) is 0.847. The van der Waals surface area contributed by atoms with E-state index in [9.17, 15) is 4.39 Å². The van der Waals surface area contributed by atoms with E-state index >= 15 is 0 Å². The highest BCUT2D eigenvalue weighted by molar-refractivity contribution is 6.30. The van der Waals surface area contributed by atoms with Crippen LogP contribution in [0.3, 0.4) is 0 Å². The first kappa shape index (κ1) is 14.7. The molecule has 20 heavy (non-hydrogen) atoms. The minimum absolute atomic E-state index is 0.100. The van der Waals surface area contributed by atoms with Crippen LogP contribution < -0.4 is 5.32 Å². The molecule has 1 aromatic heterocycles. The molecule has 0 spiro atoms. The molecule has 1 N–H and O–H groups in total. The van der Waals surface area contributed by atoms with Crippen molar-refractivity contribution in [2.24, 2.45) is 0 Å². The van der Waals surface area contributed by atoms with Crippen LogP contribution in [-0.4, -0.2) is 16.5 Å². The minimum atomic E-state index is -0.462. The molecule has 106 valence electrons. The van der Waals surface area contributed by atoms with Crippen molar-refractivity contribution in [2.75, 3.05) is 11.9 Å². The Balaban J connectivity index is 2.55. The Morgan fingerprint density at radius 3 is 2.60 bits per heavy atom. The lowest BCUT2D eigenvalue weighted by Gasteiger charge is -2.12. The monoisotopic (exact) mass is 293 g/mol. The molecule has 0 bridgehead atoms. The van der Waals surface area contributed by atoms with Crippen molar-refractivity contribution in [3.05, 3.63) is 40.3 Å². The Morgan fingerprint density at radius 2 is 2.00 bits per heavy atom. The Kier molecular flexibility index (Phi) is 4.55. The lowest BCUT2D eigenvalue weighted by molar-refractivity contribution is 0.628. The quantitative estimate of drug-likeness (QED) is 0.916. The highest BCUT2D eigenvalue weighted by Crippen LogP contribution is 2.25. The number of benzene rings is 1. The second-order valence-electron chi connectivity index (χ2n) is 4.48. The average molecular weight is 294 g/mol. The van der Waals surface area contributed by atoms with Crippen molar-refractivity contribution < 1.29 is 4.39 Å². The molecule has 2 aromatic rings. The van der Waals surface area contributed by atoms with Crippen LogP contribution >= 0.6 is 11.6 Å². The first-order valence-electron chi connectivity index (χ1n) is 6.63. The zero-order valence-electron chi connectivity index (χ0n) is 11.8. The maximum Gasteiger partial charge on any atom is 0.161 e. The van der Waals surface area contributed by atoms with Gasteiger partial charge in [-0.25, -0.2) is 14.4 Å². The molecule has 0 radical (unpaired) electrons. The summed E-state index contributed by atoms with van der Waals surface area (Å²) in [6.07, 6.45) is 0.801. The fourth-order valence-electron chi connectivity index (χ4n) is 2.01. The number of aryl methyl sites for hydroxylation is 1. The molecule has 5 heteroatoms. The van der Waals surface area contributed by atoms with Gasteiger partial charge in [0.2, 0.25) is 0 Å². The number of nitrogens with zero attached hydrogens (tertiary/aromatic N) is 2. The average Bonchev–Trinajstić information content (AvgIpc) is 2.44. The number of rotatable bonds is 4. The zero-order chi connectivity index (χ0) is 14.7. The Morgan fingerprint density at radius 1 is 1.25 bits per heavy atom. The summed E-state index contributed by atoms with van der Waals surface area (Å²) < 4.78 is 13.6. The molecule has 1 aromatic carbocycles. The lowest BCUT2D eigenvalue weighted by Crippen LogP contribution is -2.07. The molecule has 0 aliphatic heterocycles. The third-order valence-electron chi connectivity index (χ3n) is 3.10. The molecule has 0 saturated carbocycles. The van der Waals surface area contributed by atoms with Gasteiger partial charge in [-0.3, -0.25) is 0 Å². The number of nitrogens with one attached hydrogen (secondary N) is 1. The van der Waals surface area contributed by atoms with E-state index in [2.05, 4.69) is 15.3 Å². The maximum absolute atomic E-state index is 13.6. The van der Waals surface area contributed by atoms with Crippen molar-refractivity contribution in [2.45, 2.75) is 27.2 Å². The minimum Gasteiger partial charge on any atom is -0.370 e. The molecule has 0 aliphatic carbocycles. The first-order chi connectivity index (χ1) is 9.56. The van der Waals surface area contributed by atoms with E-state index in [0.717, 1.165) is 30.0 Å². The van der Waals surface area contributed by atoms with Gasteiger partial charge in [0.05, 0.1) is 5.02 Å². The van der Waals surface area contributed by atoms with Crippen LogP contribution in [0.5, 0.6) is 0 Å². The van der Waals surface area contributed by atoms with Gasteiger partial charge >= 0.3 is 0 Å². The number of halogens is 2. The van der Waals surface area contributed by atoms with Crippen molar-refractivity contribution >= 4 is 17.4 Å². The highest BCUT2D eigenvalue weighted by Gasteiger charge is 2.12. The largest absolute Gasteiger partial charge is 0.370 e. The topological polar surface area (TPSA) is 37.8 Å². The fourth-order valence-corrected chi connectivity index (χ4v) is 2.13. The highest BCUT2D eigenvalue weighted by atomic mass is 35.5. The van der Waals surface area contributed by atoms with Crippen LogP contribution in [-0.2, 0) is 6.42 Å². The van der Waals surface area contributed by atoms with Gasteiger partial charge in [0.15, 0.2) is 5.82 Å². The van der Waals surface area contributed by atoms with Crippen molar-refractivity contribution in [1.82, 2.24) is 9.97 Å². The van der Waals surface area contributed by atoms with Gasteiger partial charge in [-0.1, -0.05) is 18.5 Å². The molecular weight excluding hydrogens is 277 g/mol. The van der Waals surface area contributed by atoms with Gasteiger partial charge in [-0.15, -0.1) is 0 Å². The van der Waals surface area contributed by atoms with Gasteiger partial charge in [-0.05, 0) is 38.5 Å². The SMILES string of the molecule is CCNc1nc(-c2ccc(Cl)c(F)c2)nc(CC)c1C. The maximum atomic E-state index is 13.6. The van der Waals surface area contributed by atoms with E-state index in [1.165, 1.54) is 12.1 Å². The fraction of sp³-hybridized carbons (Fsp3) is 0.333. The molecule has 3 nitrogen and oxygen atoms in total. The number of hydrogen-bond donors (Lipinski definition) is 1. The number of anilines is 1. The second kappa shape index (κ2) is 6.18. The van der Waals surface area contributed by atoms with Crippen molar-refractivity contribution in [3.63, 3.8) is 0 Å². The predicted molar refractivity (Wildman–Crippen MR) is 80.7 cm³/mol.